The zero-order valence-electron chi connectivity index (χ0n) is 14.7. The Bertz CT molecular complexity index is 904. The molecule has 3 aromatic rings. The predicted molar refractivity (Wildman–Crippen MR) is 96.2 cm³/mol. The van der Waals surface area contributed by atoms with Gasteiger partial charge in [0.2, 0.25) is 0 Å². The minimum absolute atomic E-state index is 0.0446. The number of fused-ring (bicyclic) bond motifs is 1. The number of benzene rings is 2. The van der Waals surface area contributed by atoms with Gasteiger partial charge in [0.05, 0.1) is 6.42 Å². The fourth-order valence-corrected chi connectivity index (χ4v) is 2.74. The number of rotatable bonds is 6. The van der Waals surface area contributed by atoms with Crippen LogP contribution in [0.1, 0.15) is 18.2 Å². The minimum Gasteiger partial charge on any atom is -0.452 e. The normalized spacial score (nSPS) is 11.9. The van der Waals surface area contributed by atoms with Crippen molar-refractivity contribution >= 4 is 22.8 Å². The molecule has 2 aromatic carbocycles. The van der Waals surface area contributed by atoms with Crippen LogP contribution in [0.15, 0.2) is 59.1 Å². The van der Waals surface area contributed by atoms with Crippen molar-refractivity contribution in [2.75, 3.05) is 7.05 Å². The molecule has 0 aliphatic carbocycles. The Kier molecular flexibility index (Phi) is 5.31. The van der Waals surface area contributed by atoms with Crippen molar-refractivity contribution in [3.8, 4) is 0 Å². The predicted octanol–water partition coefficient (Wildman–Crippen LogP) is 2.96. The molecule has 3 rings (SSSR count). The van der Waals surface area contributed by atoms with E-state index in [0.29, 0.717) is 17.8 Å². The zero-order chi connectivity index (χ0) is 18.5. The lowest BCUT2D eigenvalue weighted by atomic mass is 10.2. The Morgan fingerprint density at radius 2 is 1.81 bits per heavy atom. The van der Waals surface area contributed by atoms with E-state index in [1.54, 1.807) is 24.9 Å². The largest absolute Gasteiger partial charge is 0.452 e. The summed E-state index contributed by atoms with van der Waals surface area (Å²) in [5, 5.41) is 4.68. The second-order valence-corrected chi connectivity index (χ2v) is 6.11. The molecule has 6 heteroatoms. The van der Waals surface area contributed by atoms with Gasteiger partial charge >= 0.3 is 5.97 Å². The van der Waals surface area contributed by atoms with Gasteiger partial charge in [-0.25, -0.2) is 0 Å². The molecule has 0 bridgehead atoms. The number of amides is 1. The lowest BCUT2D eigenvalue weighted by Crippen LogP contribution is -2.37. The third kappa shape index (κ3) is 4.08. The maximum Gasteiger partial charge on any atom is 0.312 e. The second-order valence-electron chi connectivity index (χ2n) is 6.11. The number of hydrogen-bond acceptors (Lipinski definition) is 5. The van der Waals surface area contributed by atoms with Gasteiger partial charge in [-0.2, -0.15) is 0 Å². The smallest absolute Gasteiger partial charge is 0.312 e. The number of carbonyl (C=O) groups is 2. The first-order valence-electron chi connectivity index (χ1n) is 8.36. The fourth-order valence-electron chi connectivity index (χ4n) is 2.74. The van der Waals surface area contributed by atoms with E-state index in [-0.39, 0.29) is 12.3 Å². The topological polar surface area (TPSA) is 72.6 Å². The van der Waals surface area contributed by atoms with E-state index in [0.717, 1.165) is 10.9 Å². The fraction of sp³-hybridized carbons (Fsp3) is 0.250. The molecule has 1 atom stereocenters. The highest BCUT2D eigenvalue weighted by atomic mass is 16.5. The maximum absolute atomic E-state index is 12.4. The summed E-state index contributed by atoms with van der Waals surface area (Å²) in [4.78, 5) is 26.1. The summed E-state index contributed by atoms with van der Waals surface area (Å²) < 4.78 is 10.5. The number of nitrogens with zero attached hydrogens (tertiary/aromatic N) is 2. The van der Waals surface area contributed by atoms with Crippen LogP contribution in [0.4, 0.5) is 0 Å². The SMILES string of the molecule is C[C@H](OC(=O)Cc1noc2ccccc12)C(=O)N(C)Cc1ccccc1. The third-order valence-corrected chi connectivity index (χ3v) is 4.06. The summed E-state index contributed by atoms with van der Waals surface area (Å²) in [6.07, 6.45) is -0.911. The summed E-state index contributed by atoms with van der Waals surface area (Å²) in [6.45, 7) is 2.03. The van der Waals surface area contributed by atoms with E-state index in [2.05, 4.69) is 5.16 Å². The molecule has 0 spiro atoms. The summed E-state index contributed by atoms with van der Waals surface area (Å²) in [7, 11) is 1.69. The zero-order valence-corrected chi connectivity index (χ0v) is 14.7. The van der Waals surface area contributed by atoms with Gasteiger partial charge in [-0.15, -0.1) is 0 Å². The van der Waals surface area contributed by atoms with E-state index < -0.39 is 12.1 Å². The molecule has 0 N–H and O–H groups in total. The van der Waals surface area contributed by atoms with E-state index >= 15 is 0 Å². The average molecular weight is 352 g/mol. The molecule has 1 aromatic heterocycles. The average Bonchev–Trinajstić information content (AvgIpc) is 3.04. The summed E-state index contributed by atoms with van der Waals surface area (Å²) in [5.74, 6) is -0.773. The van der Waals surface area contributed by atoms with Crippen molar-refractivity contribution < 1.29 is 18.8 Å². The number of esters is 1. The highest BCUT2D eigenvalue weighted by Gasteiger charge is 2.23. The molecule has 0 aliphatic rings. The molecule has 0 unspecified atom stereocenters. The van der Waals surface area contributed by atoms with E-state index in [1.165, 1.54) is 0 Å². The van der Waals surface area contributed by atoms with Crippen LogP contribution in [0.3, 0.4) is 0 Å². The van der Waals surface area contributed by atoms with Gasteiger partial charge in [-0.05, 0) is 24.6 Å². The summed E-state index contributed by atoms with van der Waals surface area (Å²) in [5.41, 5.74) is 2.13. The maximum atomic E-state index is 12.4. The van der Waals surface area contributed by atoms with E-state index in [4.69, 9.17) is 9.26 Å². The van der Waals surface area contributed by atoms with Crippen LogP contribution in [-0.2, 0) is 27.3 Å². The van der Waals surface area contributed by atoms with Gasteiger partial charge in [0, 0.05) is 19.0 Å². The second kappa shape index (κ2) is 7.82. The van der Waals surface area contributed by atoms with E-state index in [1.807, 2.05) is 48.5 Å². The number of carbonyl (C=O) groups excluding carboxylic acids is 2. The Morgan fingerprint density at radius 3 is 2.58 bits per heavy atom. The molecule has 1 heterocycles. The van der Waals surface area contributed by atoms with Crippen molar-refractivity contribution in [1.82, 2.24) is 10.1 Å². The lowest BCUT2D eigenvalue weighted by molar-refractivity contribution is -0.158. The van der Waals surface area contributed by atoms with Gasteiger partial charge < -0.3 is 14.2 Å². The number of ether oxygens (including phenoxy) is 1. The van der Waals surface area contributed by atoms with Crippen LogP contribution in [0.25, 0.3) is 11.0 Å². The van der Waals surface area contributed by atoms with Gasteiger partial charge in [0.15, 0.2) is 11.7 Å². The van der Waals surface area contributed by atoms with E-state index in [9.17, 15) is 9.59 Å². The lowest BCUT2D eigenvalue weighted by Gasteiger charge is -2.21. The molecule has 0 aliphatic heterocycles. The van der Waals surface area contributed by atoms with Crippen LogP contribution < -0.4 is 0 Å². The Labute approximate surface area is 151 Å². The van der Waals surface area contributed by atoms with Crippen LogP contribution in [0.2, 0.25) is 0 Å². The van der Waals surface area contributed by atoms with Crippen LogP contribution >= 0.6 is 0 Å². The summed E-state index contributed by atoms with van der Waals surface area (Å²) in [6, 6.07) is 16.9. The summed E-state index contributed by atoms with van der Waals surface area (Å²) >= 11 is 0. The quantitative estimate of drug-likeness (QED) is 0.638. The Morgan fingerprint density at radius 1 is 1.12 bits per heavy atom. The molecule has 6 nitrogen and oxygen atoms in total. The van der Waals surface area contributed by atoms with Crippen molar-refractivity contribution in [2.24, 2.45) is 0 Å². The van der Waals surface area contributed by atoms with Crippen LogP contribution in [-0.4, -0.2) is 35.1 Å². The molecule has 0 saturated carbocycles. The van der Waals surface area contributed by atoms with Crippen LogP contribution in [0, 0.1) is 0 Å². The highest BCUT2D eigenvalue weighted by molar-refractivity contribution is 5.86. The van der Waals surface area contributed by atoms with Crippen molar-refractivity contribution in [2.45, 2.75) is 26.0 Å². The van der Waals surface area contributed by atoms with Gasteiger partial charge in [0.1, 0.15) is 5.69 Å². The monoisotopic (exact) mass is 352 g/mol. The Balaban J connectivity index is 1.57. The molecule has 134 valence electrons. The van der Waals surface area contributed by atoms with Crippen molar-refractivity contribution in [1.29, 1.82) is 0 Å². The first kappa shape index (κ1) is 17.7. The first-order chi connectivity index (χ1) is 12.5. The standard InChI is InChI=1S/C20H20N2O4/c1-14(20(24)22(2)13-15-8-4-3-5-9-15)25-19(23)12-17-16-10-6-7-11-18(16)26-21-17/h3-11,14H,12-13H2,1-2H3/t14-/m0/s1. The molecular weight excluding hydrogens is 332 g/mol. The van der Waals surface area contributed by atoms with Crippen LogP contribution in [0.5, 0.6) is 0 Å². The number of likely N-dealkylation sites (N-methyl/N-ethyl adjacent to an activating group) is 1. The number of para-hydroxylation sites is 1. The molecule has 26 heavy (non-hydrogen) atoms. The Hall–Kier alpha value is -3.15. The molecule has 0 fully saturated rings. The first-order valence-corrected chi connectivity index (χ1v) is 8.36. The van der Waals surface area contributed by atoms with Gasteiger partial charge in [-0.3, -0.25) is 9.59 Å². The molecule has 0 radical (unpaired) electrons. The third-order valence-electron chi connectivity index (χ3n) is 4.06. The minimum atomic E-state index is -0.866. The molecular formula is C20H20N2O4. The highest BCUT2D eigenvalue weighted by Crippen LogP contribution is 2.18. The molecule has 0 saturated heterocycles. The number of aromatic nitrogens is 1. The van der Waals surface area contributed by atoms with Gasteiger partial charge in [-0.1, -0.05) is 47.6 Å². The van der Waals surface area contributed by atoms with Crippen molar-refractivity contribution in [3.05, 3.63) is 65.9 Å². The number of hydrogen-bond donors (Lipinski definition) is 0. The van der Waals surface area contributed by atoms with Gasteiger partial charge in [0.25, 0.3) is 5.91 Å². The molecule has 1 amide bonds. The van der Waals surface area contributed by atoms with Crippen molar-refractivity contribution in [3.63, 3.8) is 0 Å².